The first-order valence-corrected chi connectivity index (χ1v) is 11.8. The normalized spacial score (nSPS) is 11.7. The molecule has 3 rings (SSSR count). The van der Waals surface area contributed by atoms with Crippen LogP contribution in [0.1, 0.15) is 44.2 Å². The van der Waals surface area contributed by atoms with Gasteiger partial charge in [0, 0.05) is 18.5 Å². The standard InChI is InChI=1S/C28H34N2O3/c1-4-6-18-29-28(32)25(5-2)30(19-23-14-8-7-12-21(23)3)27(31)20-33-26-17-11-15-22-13-9-10-16-24(22)26/h7-17,25H,4-6,18-20H2,1-3H3,(H,29,32)/t25-/m0/s1. The molecule has 5 heteroatoms. The number of hydrogen-bond acceptors (Lipinski definition) is 3. The van der Waals surface area contributed by atoms with Crippen LogP contribution in [-0.2, 0) is 16.1 Å². The number of carbonyl (C=O) groups excluding carboxylic acids is 2. The summed E-state index contributed by atoms with van der Waals surface area (Å²) in [6.45, 7) is 6.90. The zero-order valence-corrected chi connectivity index (χ0v) is 19.8. The molecular formula is C28H34N2O3. The number of nitrogens with zero attached hydrogens (tertiary/aromatic N) is 1. The van der Waals surface area contributed by atoms with Gasteiger partial charge in [-0.1, -0.05) is 80.9 Å². The van der Waals surface area contributed by atoms with Crippen LogP contribution >= 0.6 is 0 Å². The second-order valence-electron chi connectivity index (χ2n) is 8.28. The van der Waals surface area contributed by atoms with Crippen molar-refractivity contribution in [1.82, 2.24) is 10.2 Å². The van der Waals surface area contributed by atoms with Crippen LogP contribution in [-0.4, -0.2) is 35.9 Å². The molecule has 1 N–H and O–H groups in total. The molecule has 0 spiro atoms. The van der Waals surface area contributed by atoms with Crippen molar-refractivity contribution in [2.45, 2.75) is 52.6 Å². The van der Waals surface area contributed by atoms with Crippen molar-refractivity contribution in [3.63, 3.8) is 0 Å². The van der Waals surface area contributed by atoms with Gasteiger partial charge in [-0.2, -0.15) is 0 Å². The Hall–Kier alpha value is -3.34. The third-order valence-corrected chi connectivity index (χ3v) is 5.92. The molecule has 0 aliphatic heterocycles. The maximum absolute atomic E-state index is 13.4. The van der Waals surface area contributed by atoms with Crippen LogP contribution in [0.2, 0.25) is 0 Å². The molecular weight excluding hydrogens is 412 g/mol. The van der Waals surface area contributed by atoms with Gasteiger partial charge in [-0.25, -0.2) is 0 Å². The fourth-order valence-electron chi connectivity index (χ4n) is 3.94. The van der Waals surface area contributed by atoms with Crippen LogP contribution in [0.3, 0.4) is 0 Å². The molecule has 0 saturated carbocycles. The Balaban J connectivity index is 1.81. The van der Waals surface area contributed by atoms with E-state index in [0.29, 0.717) is 25.3 Å². The lowest BCUT2D eigenvalue weighted by Gasteiger charge is -2.31. The molecule has 0 aromatic heterocycles. The highest BCUT2D eigenvalue weighted by Gasteiger charge is 2.29. The lowest BCUT2D eigenvalue weighted by molar-refractivity contribution is -0.143. The fourth-order valence-corrected chi connectivity index (χ4v) is 3.94. The van der Waals surface area contributed by atoms with Crippen LogP contribution < -0.4 is 10.1 Å². The number of hydrogen-bond donors (Lipinski definition) is 1. The summed E-state index contributed by atoms with van der Waals surface area (Å²) >= 11 is 0. The number of ether oxygens (including phenoxy) is 1. The average molecular weight is 447 g/mol. The third-order valence-electron chi connectivity index (χ3n) is 5.92. The molecule has 0 saturated heterocycles. The molecule has 0 bridgehead atoms. The van der Waals surface area contributed by atoms with Crippen molar-refractivity contribution in [1.29, 1.82) is 0 Å². The summed E-state index contributed by atoms with van der Waals surface area (Å²) in [6, 6.07) is 21.1. The molecule has 2 amide bonds. The molecule has 3 aromatic rings. The van der Waals surface area contributed by atoms with Gasteiger partial charge in [0.1, 0.15) is 11.8 Å². The molecule has 0 aliphatic carbocycles. The zero-order valence-electron chi connectivity index (χ0n) is 19.8. The number of nitrogens with one attached hydrogen (secondary N) is 1. The third kappa shape index (κ3) is 6.35. The van der Waals surface area contributed by atoms with Crippen molar-refractivity contribution in [2.75, 3.05) is 13.2 Å². The van der Waals surface area contributed by atoms with E-state index >= 15 is 0 Å². The van der Waals surface area contributed by atoms with E-state index in [1.54, 1.807) is 4.90 Å². The lowest BCUT2D eigenvalue weighted by Crippen LogP contribution is -2.50. The predicted molar refractivity (Wildman–Crippen MR) is 133 cm³/mol. The topological polar surface area (TPSA) is 58.6 Å². The van der Waals surface area contributed by atoms with Gasteiger partial charge in [-0.15, -0.1) is 0 Å². The van der Waals surface area contributed by atoms with Crippen LogP contribution in [0.15, 0.2) is 66.7 Å². The first-order valence-electron chi connectivity index (χ1n) is 11.8. The highest BCUT2D eigenvalue weighted by molar-refractivity contribution is 5.90. The summed E-state index contributed by atoms with van der Waals surface area (Å²) in [7, 11) is 0. The molecule has 0 unspecified atom stereocenters. The summed E-state index contributed by atoms with van der Waals surface area (Å²) in [5, 5.41) is 5.01. The number of amides is 2. The summed E-state index contributed by atoms with van der Waals surface area (Å²) < 4.78 is 5.98. The quantitative estimate of drug-likeness (QED) is 0.409. The Morgan fingerprint density at radius 1 is 0.970 bits per heavy atom. The molecule has 0 heterocycles. The minimum atomic E-state index is -0.551. The molecule has 33 heavy (non-hydrogen) atoms. The Morgan fingerprint density at radius 2 is 1.70 bits per heavy atom. The van der Waals surface area contributed by atoms with Gasteiger partial charge < -0.3 is 15.0 Å². The van der Waals surface area contributed by atoms with Crippen molar-refractivity contribution in [3.05, 3.63) is 77.9 Å². The van der Waals surface area contributed by atoms with E-state index in [0.717, 1.165) is 34.7 Å². The minimum absolute atomic E-state index is 0.113. The van der Waals surface area contributed by atoms with Crippen LogP contribution in [0.4, 0.5) is 0 Å². The van der Waals surface area contributed by atoms with Crippen molar-refractivity contribution in [3.8, 4) is 5.75 Å². The molecule has 5 nitrogen and oxygen atoms in total. The van der Waals surface area contributed by atoms with Gasteiger partial charge in [-0.05, 0) is 42.3 Å². The van der Waals surface area contributed by atoms with Gasteiger partial charge in [0.15, 0.2) is 6.61 Å². The van der Waals surface area contributed by atoms with Gasteiger partial charge in [0.2, 0.25) is 5.91 Å². The van der Waals surface area contributed by atoms with Crippen LogP contribution in [0.25, 0.3) is 10.8 Å². The second kappa shape index (κ2) is 12.0. The van der Waals surface area contributed by atoms with Crippen molar-refractivity contribution < 1.29 is 14.3 Å². The molecule has 3 aromatic carbocycles. The maximum Gasteiger partial charge on any atom is 0.261 e. The first-order chi connectivity index (χ1) is 16.0. The smallest absolute Gasteiger partial charge is 0.261 e. The van der Waals surface area contributed by atoms with Crippen LogP contribution in [0, 0.1) is 6.92 Å². The fraction of sp³-hybridized carbons (Fsp3) is 0.357. The van der Waals surface area contributed by atoms with E-state index in [1.165, 1.54) is 0 Å². The van der Waals surface area contributed by atoms with Gasteiger partial charge in [-0.3, -0.25) is 9.59 Å². The van der Waals surface area contributed by atoms with E-state index < -0.39 is 6.04 Å². The molecule has 174 valence electrons. The number of fused-ring (bicyclic) bond motifs is 1. The number of benzene rings is 3. The van der Waals surface area contributed by atoms with Crippen molar-refractivity contribution >= 4 is 22.6 Å². The molecule has 0 fully saturated rings. The summed E-state index contributed by atoms with van der Waals surface area (Å²) in [5.41, 5.74) is 2.11. The zero-order chi connectivity index (χ0) is 23.6. The van der Waals surface area contributed by atoms with E-state index in [1.807, 2.05) is 80.6 Å². The van der Waals surface area contributed by atoms with Crippen LogP contribution in [0.5, 0.6) is 5.75 Å². The Bertz CT molecular complexity index is 1070. The lowest BCUT2D eigenvalue weighted by atomic mass is 10.1. The Kier molecular flexibility index (Phi) is 8.87. The van der Waals surface area contributed by atoms with E-state index in [-0.39, 0.29) is 18.4 Å². The van der Waals surface area contributed by atoms with E-state index in [9.17, 15) is 9.59 Å². The largest absolute Gasteiger partial charge is 0.483 e. The monoisotopic (exact) mass is 446 g/mol. The average Bonchev–Trinajstić information content (AvgIpc) is 2.83. The predicted octanol–water partition coefficient (Wildman–Crippen LogP) is 5.25. The van der Waals surface area contributed by atoms with Gasteiger partial charge in [0.05, 0.1) is 0 Å². The number of rotatable bonds is 11. The highest BCUT2D eigenvalue weighted by atomic mass is 16.5. The minimum Gasteiger partial charge on any atom is -0.483 e. The number of unbranched alkanes of at least 4 members (excludes halogenated alkanes) is 1. The molecule has 0 aliphatic rings. The maximum atomic E-state index is 13.4. The molecule has 0 radical (unpaired) electrons. The second-order valence-corrected chi connectivity index (χ2v) is 8.28. The summed E-state index contributed by atoms with van der Waals surface area (Å²) in [6.07, 6.45) is 2.45. The van der Waals surface area contributed by atoms with Gasteiger partial charge in [0.25, 0.3) is 5.91 Å². The summed E-state index contributed by atoms with van der Waals surface area (Å²) in [5.74, 6) is 0.347. The van der Waals surface area contributed by atoms with Gasteiger partial charge >= 0.3 is 0 Å². The Morgan fingerprint density at radius 3 is 2.45 bits per heavy atom. The van der Waals surface area contributed by atoms with E-state index in [2.05, 4.69) is 12.2 Å². The van der Waals surface area contributed by atoms with E-state index in [4.69, 9.17) is 4.74 Å². The Labute approximate surface area is 196 Å². The number of aryl methyl sites for hydroxylation is 1. The SMILES string of the molecule is CCCCNC(=O)[C@H](CC)N(Cc1ccccc1C)C(=O)COc1cccc2ccccc12. The summed E-state index contributed by atoms with van der Waals surface area (Å²) in [4.78, 5) is 28.1. The highest BCUT2D eigenvalue weighted by Crippen LogP contribution is 2.25. The molecule has 1 atom stereocenters. The first kappa shape index (κ1) is 24.3. The van der Waals surface area contributed by atoms with Crippen molar-refractivity contribution in [2.24, 2.45) is 0 Å². The number of carbonyl (C=O) groups is 2.